The van der Waals surface area contributed by atoms with Gasteiger partial charge in [-0.25, -0.2) is 0 Å². The molecule has 1 aliphatic rings. The SMILES string of the molecule is CCCC1=C(CCC)c2c(cccc2-c2cc(C(C)(C)C)cc(C(C)(C)C)c2)C1. The second-order valence-electron chi connectivity index (χ2n) is 10.9. The van der Waals surface area contributed by atoms with E-state index in [1.165, 1.54) is 53.5 Å². The maximum atomic E-state index is 2.45. The fourth-order valence-corrected chi connectivity index (χ4v) is 4.60. The van der Waals surface area contributed by atoms with Crippen LogP contribution in [-0.4, -0.2) is 0 Å². The second kappa shape index (κ2) is 8.13. The highest BCUT2D eigenvalue weighted by molar-refractivity contribution is 5.88. The summed E-state index contributed by atoms with van der Waals surface area (Å²) in [5.41, 5.74) is 12.4. The quantitative estimate of drug-likeness (QED) is 0.480. The summed E-state index contributed by atoms with van der Waals surface area (Å²) in [6, 6.07) is 14.3. The van der Waals surface area contributed by atoms with Crippen LogP contribution in [0.15, 0.2) is 42.0 Å². The Morgan fingerprint density at radius 3 is 1.86 bits per heavy atom. The lowest BCUT2D eigenvalue weighted by atomic mass is 9.78. The summed E-state index contributed by atoms with van der Waals surface area (Å²) in [7, 11) is 0. The Morgan fingerprint density at radius 2 is 1.34 bits per heavy atom. The number of fused-ring (bicyclic) bond motifs is 1. The van der Waals surface area contributed by atoms with Crippen LogP contribution >= 0.6 is 0 Å². The van der Waals surface area contributed by atoms with Crippen molar-refractivity contribution >= 4 is 5.57 Å². The van der Waals surface area contributed by atoms with Gasteiger partial charge < -0.3 is 0 Å². The molecule has 2 aromatic rings. The molecule has 0 saturated carbocycles. The highest BCUT2D eigenvalue weighted by Gasteiger charge is 2.26. The Hall–Kier alpha value is -1.82. The van der Waals surface area contributed by atoms with Gasteiger partial charge in [0.2, 0.25) is 0 Å². The molecule has 0 nitrogen and oxygen atoms in total. The molecule has 3 rings (SSSR count). The topological polar surface area (TPSA) is 0 Å². The minimum absolute atomic E-state index is 0.142. The van der Waals surface area contributed by atoms with Gasteiger partial charge in [-0.05, 0) is 69.0 Å². The number of hydrogen-bond acceptors (Lipinski definition) is 0. The smallest absolute Gasteiger partial charge is 0.00548 e. The van der Waals surface area contributed by atoms with Crippen molar-refractivity contribution in [2.24, 2.45) is 0 Å². The molecule has 0 bridgehead atoms. The summed E-state index contributed by atoms with van der Waals surface area (Å²) < 4.78 is 0. The van der Waals surface area contributed by atoms with E-state index < -0.39 is 0 Å². The minimum Gasteiger partial charge on any atom is -0.0651 e. The minimum atomic E-state index is 0.142. The van der Waals surface area contributed by atoms with Gasteiger partial charge in [0.15, 0.2) is 0 Å². The third kappa shape index (κ3) is 4.52. The van der Waals surface area contributed by atoms with Crippen molar-refractivity contribution < 1.29 is 0 Å². The zero-order valence-corrected chi connectivity index (χ0v) is 20.0. The third-order valence-corrected chi connectivity index (χ3v) is 6.31. The lowest BCUT2D eigenvalue weighted by Crippen LogP contribution is -2.16. The molecule has 0 heteroatoms. The molecule has 29 heavy (non-hydrogen) atoms. The molecule has 1 aliphatic carbocycles. The van der Waals surface area contributed by atoms with E-state index in [9.17, 15) is 0 Å². The van der Waals surface area contributed by atoms with Gasteiger partial charge in [-0.1, -0.05) is 110 Å². The van der Waals surface area contributed by atoms with Gasteiger partial charge in [0.25, 0.3) is 0 Å². The van der Waals surface area contributed by atoms with Crippen molar-refractivity contribution in [1.29, 1.82) is 0 Å². The average Bonchev–Trinajstić information content (AvgIpc) is 2.98. The van der Waals surface area contributed by atoms with Gasteiger partial charge in [-0.3, -0.25) is 0 Å². The number of allylic oxidation sites excluding steroid dienone is 2. The summed E-state index contributed by atoms with van der Waals surface area (Å²) in [6.45, 7) is 18.6. The maximum absolute atomic E-state index is 2.45. The maximum Gasteiger partial charge on any atom is -0.00548 e. The number of hydrogen-bond donors (Lipinski definition) is 0. The molecule has 2 aromatic carbocycles. The first-order valence-electron chi connectivity index (χ1n) is 11.6. The average molecular weight is 389 g/mol. The molecule has 0 unspecified atom stereocenters. The van der Waals surface area contributed by atoms with E-state index in [1.807, 2.05) is 0 Å². The molecule has 0 spiro atoms. The van der Waals surface area contributed by atoms with Crippen molar-refractivity contribution in [3.63, 3.8) is 0 Å². The Morgan fingerprint density at radius 1 is 0.759 bits per heavy atom. The fraction of sp³-hybridized carbons (Fsp3) is 0.517. The van der Waals surface area contributed by atoms with Gasteiger partial charge in [-0.2, -0.15) is 0 Å². The van der Waals surface area contributed by atoms with Gasteiger partial charge in [0, 0.05) is 0 Å². The molecular formula is C29H40. The summed E-state index contributed by atoms with van der Waals surface area (Å²) >= 11 is 0. The summed E-state index contributed by atoms with van der Waals surface area (Å²) in [6.07, 6.45) is 6.03. The predicted octanol–water partition coefficient (Wildman–Crippen LogP) is 8.86. The van der Waals surface area contributed by atoms with E-state index in [2.05, 4.69) is 91.8 Å². The Bertz CT molecular complexity index is 878. The highest BCUT2D eigenvalue weighted by Crippen LogP contribution is 2.44. The molecule has 0 aliphatic heterocycles. The van der Waals surface area contributed by atoms with Gasteiger partial charge in [0.1, 0.15) is 0 Å². The van der Waals surface area contributed by atoms with Gasteiger partial charge in [-0.15, -0.1) is 0 Å². The first-order chi connectivity index (χ1) is 13.6. The van der Waals surface area contributed by atoms with Crippen LogP contribution in [0.3, 0.4) is 0 Å². The zero-order valence-electron chi connectivity index (χ0n) is 20.0. The third-order valence-electron chi connectivity index (χ3n) is 6.31. The Labute approximate surface area is 179 Å². The predicted molar refractivity (Wildman–Crippen MR) is 130 cm³/mol. The second-order valence-corrected chi connectivity index (χ2v) is 10.9. The van der Waals surface area contributed by atoms with Gasteiger partial charge >= 0.3 is 0 Å². The first-order valence-corrected chi connectivity index (χ1v) is 11.6. The molecule has 0 amide bonds. The first kappa shape index (κ1) is 21.9. The molecule has 0 heterocycles. The van der Waals surface area contributed by atoms with Crippen LogP contribution in [0.5, 0.6) is 0 Å². The summed E-state index contributed by atoms with van der Waals surface area (Å²) in [5, 5.41) is 0. The van der Waals surface area contributed by atoms with E-state index in [0.717, 1.165) is 6.42 Å². The lowest BCUT2D eigenvalue weighted by Gasteiger charge is -2.27. The molecule has 0 N–H and O–H groups in total. The molecule has 0 atom stereocenters. The highest BCUT2D eigenvalue weighted by atomic mass is 14.3. The summed E-state index contributed by atoms with van der Waals surface area (Å²) in [5.74, 6) is 0. The van der Waals surface area contributed by atoms with Crippen molar-refractivity contribution in [1.82, 2.24) is 0 Å². The molecule has 0 saturated heterocycles. The van der Waals surface area contributed by atoms with E-state index in [0.29, 0.717) is 0 Å². The largest absolute Gasteiger partial charge is 0.0651 e. The van der Waals surface area contributed by atoms with Crippen molar-refractivity contribution in [3.8, 4) is 11.1 Å². The van der Waals surface area contributed by atoms with E-state index >= 15 is 0 Å². The van der Waals surface area contributed by atoms with Crippen molar-refractivity contribution in [3.05, 3.63) is 64.2 Å². The number of rotatable bonds is 5. The van der Waals surface area contributed by atoms with Crippen LogP contribution in [0.25, 0.3) is 16.7 Å². The van der Waals surface area contributed by atoms with Crippen molar-refractivity contribution in [2.75, 3.05) is 0 Å². The van der Waals surface area contributed by atoms with Crippen molar-refractivity contribution in [2.45, 2.75) is 98.3 Å². The Kier molecular flexibility index (Phi) is 6.13. The van der Waals surface area contributed by atoms with Crippen LogP contribution in [0.2, 0.25) is 0 Å². The van der Waals surface area contributed by atoms with Crippen LogP contribution in [0, 0.1) is 0 Å². The molecular weight excluding hydrogens is 348 g/mol. The fourth-order valence-electron chi connectivity index (χ4n) is 4.60. The molecule has 156 valence electrons. The van der Waals surface area contributed by atoms with E-state index in [4.69, 9.17) is 0 Å². The molecule has 0 radical (unpaired) electrons. The van der Waals surface area contributed by atoms with Crippen LogP contribution < -0.4 is 0 Å². The number of benzene rings is 2. The van der Waals surface area contributed by atoms with Gasteiger partial charge in [0.05, 0.1) is 0 Å². The zero-order chi connectivity index (χ0) is 21.4. The molecule has 0 fully saturated rings. The Balaban J connectivity index is 2.25. The normalized spacial score (nSPS) is 14.5. The lowest BCUT2D eigenvalue weighted by molar-refractivity contribution is 0.569. The monoisotopic (exact) mass is 388 g/mol. The molecule has 0 aromatic heterocycles. The van der Waals surface area contributed by atoms with E-state index in [1.54, 1.807) is 16.7 Å². The van der Waals surface area contributed by atoms with Crippen LogP contribution in [-0.2, 0) is 17.3 Å². The van der Waals surface area contributed by atoms with Crippen LogP contribution in [0.1, 0.15) is 103 Å². The van der Waals surface area contributed by atoms with E-state index in [-0.39, 0.29) is 10.8 Å². The summed E-state index contributed by atoms with van der Waals surface area (Å²) in [4.78, 5) is 0. The van der Waals surface area contributed by atoms with Crippen LogP contribution in [0.4, 0.5) is 0 Å². The standard InChI is InChI=1S/C29H40/c1-9-12-20-16-21-14-11-15-26(27(21)25(20)13-10-2)22-17-23(28(3,4)5)19-24(18-22)29(6,7)8/h11,14-15,17-19H,9-10,12-13,16H2,1-8H3.